The standard InChI is InChI=1S/C15H20N2O2/c1-14(2)13(16(18)15(3,4)17(14)19)11-10-12-8-6-5-7-9-12/h5-11,19H,1-4H3/b11-10-. The fourth-order valence-electron chi connectivity index (χ4n) is 2.43. The number of benzene rings is 1. The lowest BCUT2D eigenvalue weighted by molar-refractivity contribution is -0.580. The van der Waals surface area contributed by atoms with E-state index < -0.39 is 11.2 Å². The molecule has 0 bridgehead atoms. The molecule has 102 valence electrons. The van der Waals surface area contributed by atoms with Gasteiger partial charge in [0.2, 0.25) is 11.4 Å². The average molecular weight is 260 g/mol. The van der Waals surface area contributed by atoms with Crippen molar-refractivity contribution >= 4 is 11.8 Å². The van der Waals surface area contributed by atoms with Gasteiger partial charge in [0.1, 0.15) is 5.54 Å². The summed E-state index contributed by atoms with van der Waals surface area (Å²) in [4.78, 5) is 0. The minimum atomic E-state index is -0.958. The van der Waals surface area contributed by atoms with Gasteiger partial charge in [0.15, 0.2) is 0 Å². The monoisotopic (exact) mass is 260 g/mol. The van der Waals surface area contributed by atoms with Crippen LogP contribution in [0, 0.1) is 5.21 Å². The SMILES string of the molecule is CC1(C)C(/C=C\c2ccccc2)=[N+]([O-])C(C)(C)N1O. The number of hydrogen-bond acceptors (Lipinski definition) is 3. The van der Waals surface area contributed by atoms with Crippen molar-refractivity contribution in [2.75, 3.05) is 0 Å². The molecule has 1 N–H and O–H groups in total. The molecule has 0 radical (unpaired) electrons. The summed E-state index contributed by atoms with van der Waals surface area (Å²) in [6.07, 6.45) is 3.66. The molecule has 4 heteroatoms. The molecule has 0 fully saturated rings. The summed E-state index contributed by atoms with van der Waals surface area (Å²) in [6, 6.07) is 9.78. The molecule has 1 aliphatic rings. The van der Waals surface area contributed by atoms with Crippen LogP contribution in [-0.2, 0) is 0 Å². The Morgan fingerprint density at radius 1 is 1.11 bits per heavy atom. The molecule has 2 rings (SSSR count). The lowest BCUT2D eigenvalue weighted by Gasteiger charge is -2.29. The fraction of sp³-hybridized carbons (Fsp3) is 0.400. The molecule has 19 heavy (non-hydrogen) atoms. The van der Waals surface area contributed by atoms with E-state index in [4.69, 9.17) is 0 Å². The highest BCUT2D eigenvalue weighted by Gasteiger charge is 2.55. The van der Waals surface area contributed by atoms with Crippen LogP contribution >= 0.6 is 0 Å². The molecule has 1 aromatic carbocycles. The van der Waals surface area contributed by atoms with Crippen LogP contribution in [-0.4, -0.2) is 31.9 Å². The van der Waals surface area contributed by atoms with Gasteiger partial charge >= 0.3 is 0 Å². The lowest BCUT2D eigenvalue weighted by Crippen LogP contribution is -2.51. The molecular formula is C15H20N2O2. The molecule has 1 aromatic rings. The van der Waals surface area contributed by atoms with Crippen LogP contribution in [0.15, 0.2) is 36.4 Å². The third-order valence-electron chi connectivity index (χ3n) is 3.62. The highest BCUT2D eigenvalue weighted by atomic mass is 16.6. The van der Waals surface area contributed by atoms with Gasteiger partial charge in [-0.25, -0.2) is 0 Å². The van der Waals surface area contributed by atoms with Crippen LogP contribution in [0.1, 0.15) is 33.3 Å². The van der Waals surface area contributed by atoms with Gasteiger partial charge in [-0.05, 0) is 25.5 Å². The largest absolute Gasteiger partial charge is 0.622 e. The summed E-state index contributed by atoms with van der Waals surface area (Å²) in [5.74, 6) is 0. The van der Waals surface area contributed by atoms with E-state index in [2.05, 4.69) is 0 Å². The number of rotatable bonds is 2. The van der Waals surface area contributed by atoms with Crippen molar-refractivity contribution < 1.29 is 9.95 Å². The molecule has 0 amide bonds. The van der Waals surface area contributed by atoms with Gasteiger partial charge in [-0.15, -0.1) is 5.06 Å². The van der Waals surface area contributed by atoms with Crippen LogP contribution in [0.25, 0.3) is 6.08 Å². The predicted octanol–water partition coefficient (Wildman–Crippen LogP) is 2.87. The highest BCUT2D eigenvalue weighted by Crippen LogP contribution is 2.32. The van der Waals surface area contributed by atoms with Gasteiger partial charge in [0.05, 0.1) is 0 Å². The fourth-order valence-corrected chi connectivity index (χ4v) is 2.43. The van der Waals surface area contributed by atoms with Crippen LogP contribution in [0.2, 0.25) is 0 Å². The minimum Gasteiger partial charge on any atom is -0.622 e. The van der Waals surface area contributed by atoms with E-state index in [-0.39, 0.29) is 0 Å². The molecule has 0 saturated heterocycles. The van der Waals surface area contributed by atoms with Crippen molar-refractivity contribution in [1.82, 2.24) is 5.06 Å². The Morgan fingerprint density at radius 3 is 2.16 bits per heavy atom. The Bertz CT molecular complexity index is 530. The van der Waals surface area contributed by atoms with E-state index in [1.165, 1.54) is 0 Å². The maximum Gasteiger partial charge on any atom is 0.245 e. The predicted molar refractivity (Wildman–Crippen MR) is 75.9 cm³/mol. The van der Waals surface area contributed by atoms with Gasteiger partial charge in [0.25, 0.3) is 0 Å². The summed E-state index contributed by atoms with van der Waals surface area (Å²) >= 11 is 0. The van der Waals surface area contributed by atoms with Gasteiger partial charge < -0.3 is 10.4 Å². The van der Waals surface area contributed by atoms with E-state index >= 15 is 0 Å². The van der Waals surface area contributed by atoms with Crippen LogP contribution in [0.5, 0.6) is 0 Å². The Morgan fingerprint density at radius 2 is 1.68 bits per heavy atom. The minimum absolute atomic E-state index is 0.545. The van der Waals surface area contributed by atoms with Crippen molar-refractivity contribution in [3.8, 4) is 0 Å². The molecule has 0 aliphatic carbocycles. The van der Waals surface area contributed by atoms with Gasteiger partial charge in [0, 0.05) is 19.9 Å². The topological polar surface area (TPSA) is 49.5 Å². The van der Waals surface area contributed by atoms with Crippen molar-refractivity contribution in [2.24, 2.45) is 0 Å². The van der Waals surface area contributed by atoms with Crippen LogP contribution in [0.3, 0.4) is 0 Å². The first-order valence-electron chi connectivity index (χ1n) is 6.35. The van der Waals surface area contributed by atoms with E-state index in [9.17, 15) is 10.4 Å². The van der Waals surface area contributed by atoms with E-state index in [0.29, 0.717) is 5.71 Å². The first kappa shape index (κ1) is 13.8. The number of hydroxylamine groups is 3. The maximum absolute atomic E-state index is 12.3. The normalized spacial score (nSPS) is 22.4. The highest BCUT2D eigenvalue weighted by molar-refractivity contribution is 6.02. The van der Waals surface area contributed by atoms with Gasteiger partial charge in [-0.3, -0.25) is 0 Å². The zero-order valence-corrected chi connectivity index (χ0v) is 11.8. The molecule has 0 unspecified atom stereocenters. The van der Waals surface area contributed by atoms with Crippen molar-refractivity contribution in [2.45, 2.75) is 38.9 Å². The third kappa shape index (κ3) is 2.17. The van der Waals surface area contributed by atoms with Crippen molar-refractivity contribution in [1.29, 1.82) is 0 Å². The van der Waals surface area contributed by atoms with E-state index in [0.717, 1.165) is 15.4 Å². The zero-order valence-electron chi connectivity index (χ0n) is 11.8. The van der Waals surface area contributed by atoms with Crippen LogP contribution < -0.4 is 0 Å². The lowest BCUT2D eigenvalue weighted by atomic mass is 9.97. The molecule has 0 atom stereocenters. The Balaban J connectivity index is 2.39. The Kier molecular flexibility index (Phi) is 3.24. The Labute approximate surface area is 113 Å². The molecule has 0 spiro atoms. The summed E-state index contributed by atoms with van der Waals surface area (Å²) in [5.41, 5.74) is -0.103. The molecular weight excluding hydrogens is 240 g/mol. The second-order valence-electron chi connectivity index (χ2n) is 5.79. The van der Waals surface area contributed by atoms with Crippen molar-refractivity contribution in [3.63, 3.8) is 0 Å². The quantitative estimate of drug-likeness (QED) is 0.657. The maximum atomic E-state index is 12.3. The van der Waals surface area contributed by atoms with Crippen LogP contribution in [0.4, 0.5) is 0 Å². The number of hydrogen-bond donors (Lipinski definition) is 1. The second-order valence-corrected chi connectivity index (χ2v) is 5.79. The van der Waals surface area contributed by atoms with Gasteiger partial charge in [-0.2, -0.15) is 4.74 Å². The summed E-state index contributed by atoms with van der Waals surface area (Å²) in [5, 5.41) is 23.6. The molecule has 4 nitrogen and oxygen atoms in total. The summed E-state index contributed by atoms with van der Waals surface area (Å²) < 4.78 is 0.867. The summed E-state index contributed by atoms with van der Waals surface area (Å²) in [7, 11) is 0. The smallest absolute Gasteiger partial charge is 0.245 e. The first-order valence-corrected chi connectivity index (χ1v) is 6.35. The molecule has 0 aromatic heterocycles. The van der Waals surface area contributed by atoms with Crippen molar-refractivity contribution in [3.05, 3.63) is 47.2 Å². The average Bonchev–Trinajstić information content (AvgIpc) is 2.48. The molecule has 0 saturated carbocycles. The third-order valence-corrected chi connectivity index (χ3v) is 3.62. The zero-order chi connectivity index (χ0) is 14.3. The molecule has 1 aliphatic heterocycles. The summed E-state index contributed by atoms with van der Waals surface area (Å²) in [6.45, 7) is 7.06. The van der Waals surface area contributed by atoms with E-state index in [1.807, 2.05) is 50.3 Å². The van der Waals surface area contributed by atoms with E-state index in [1.54, 1.807) is 19.9 Å². The number of nitrogens with zero attached hydrogens (tertiary/aromatic N) is 2. The van der Waals surface area contributed by atoms with Gasteiger partial charge in [-0.1, -0.05) is 30.3 Å². The molecule has 1 heterocycles. The Hall–Kier alpha value is -1.65. The first-order chi connectivity index (χ1) is 8.78. The second kappa shape index (κ2) is 4.47.